The van der Waals surface area contributed by atoms with E-state index in [1.165, 1.54) is 43.5 Å². The summed E-state index contributed by atoms with van der Waals surface area (Å²) < 4.78 is 33.7. The highest BCUT2D eigenvalue weighted by Gasteiger charge is 2.22. The molecule has 9 heteroatoms. The van der Waals surface area contributed by atoms with Gasteiger partial charge in [0.25, 0.3) is 5.69 Å². The molecule has 0 spiro atoms. The summed E-state index contributed by atoms with van der Waals surface area (Å²) in [4.78, 5) is 22.5. The van der Waals surface area contributed by atoms with E-state index < -0.39 is 16.7 Å². The number of nitrogens with zero attached hydrogens (tertiary/aromatic N) is 1. The van der Waals surface area contributed by atoms with Crippen LogP contribution in [-0.2, 0) is 16.1 Å². The van der Waals surface area contributed by atoms with Crippen LogP contribution in [0.25, 0.3) is 6.08 Å². The number of esters is 1. The number of benzene rings is 2. The zero-order valence-electron chi connectivity index (χ0n) is 14.1. The van der Waals surface area contributed by atoms with Gasteiger partial charge in [0.05, 0.1) is 23.7 Å². The van der Waals surface area contributed by atoms with E-state index in [2.05, 4.69) is 0 Å². The highest BCUT2D eigenvalue weighted by molar-refractivity contribution is 5.88. The molecule has 2 aromatic carbocycles. The van der Waals surface area contributed by atoms with Crippen molar-refractivity contribution >= 4 is 17.7 Å². The molecule has 0 saturated heterocycles. The summed E-state index contributed by atoms with van der Waals surface area (Å²) in [7, 11) is 1.41. The van der Waals surface area contributed by atoms with Crippen molar-refractivity contribution in [1.29, 1.82) is 0 Å². The summed E-state index contributed by atoms with van der Waals surface area (Å²) in [5.74, 6) is -0.265. The molecule has 0 N–H and O–H groups in total. The molecule has 0 radical (unpaired) electrons. The number of hydrogen-bond acceptors (Lipinski definition) is 7. The summed E-state index contributed by atoms with van der Waals surface area (Å²) in [6.07, 6.45) is 2.28. The van der Waals surface area contributed by atoms with E-state index in [0.29, 0.717) is 17.1 Å². The van der Waals surface area contributed by atoms with E-state index in [1.807, 2.05) is 0 Å². The van der Waals surface area contributed by atoms with E-state index in [4.69, 9.17) is 18.9 Å². The second-order valence-corrected chi connectivity index (χ2v) is 5.42. The van der Waals surface area contributed by atoms with Gasteiger partial charge in [0.2, 0.25) is 6.79 Å². The third kappa shape index (κ3) is 4.14. The zero-order valence-corrected chi connectivity index (χ0v) is 14.1. The average Bonchev–Trinajstić information content (AvgIpc) is 3.11. The predicted octanol–water partition coefficient (Wildman–Crippen LogP) is 3.23. The van der Waals surface area contributed by atoms with E-state index in [9.17, 15) is 19.3 Å². The normalized spacial score (nSPS) is 12.2. The van der Waals surface area contributed by atoms with Crippen molar-refractivity contribution in [2.45, 2.75) is 6.61 Å². The van der Waals surface area contributed by atoms with E-state index >= 15 is 0 Å². The minimum atomic E-state index is -0.756. The molecule has 0 amide bonds. The fraction of sp³-hybridized carbons (Fsp3) is 0.167. The number of halogens is 1. The molecule has 0 bridgehead atoms. The Balaban J connectivity index is 1.72. The van der Waals surface area contributed by atoms with Gasteiger partial charge in [0.15, 0.2) is 11.5 Å². The molecule has 2 aromatic rings. The van der Waals surface area contributed by atoms with Crippen LogP contribution in [0.1, 0.15) is 11.1 Å². The van der Waals surface area contributed by atoms with Crippen LogP contribution < -0.4 is 14.2 Å². The number of rotatable bonds is 6. The van der Waals surface area contributed by atoms with Crippen LogP contribution in [0.5, 0.6) is 17.2 Å². The van der Waals surface area contributed by atoms with Crippen molar-refractivity contribution in [3.8, 4) is 17.2 Å². The van der Waals surface area contributed by atoms with Crippen LogP contribution in [0, 0.1) is 15.9 Å². The number of carbonyl (C=O) groups is 1. The molecular formula is C18H14FNO7. The lowest BCUT2D eigenvalue weighted by Crippen LogP contribution is -2.03. The third-order valence-electron chi connectivity index (χ3n) is 3.73. The Morgan fingerprint density at radius 2 is 2.04 bits per heavy atom. The van der Waals surface area contributed by atoms with E-state index in [-0.39, 0.29) is 30.4 Å². The Bertz CT molecular complexity index is 926. The standard InChI is InChI=1S/C18H14FNO7/c1-24-15-4-3-13(19)6-12(15)9-25-18(21)5-2-11-7-16-17(27-10-26-16)8-14(11)20(22)23/h2-8H,9-10H2,1H3/b5-2+. The van der Waals surface area contributed by atoms with Crippen molar-refractivity contribution in [3.05, 3.63) is 63.5 Å². The molecule has 3 rings (SSSR count). The van der Waals surface area contributed by atoms with Gasteiger partial charge in [-0.3, -0.25) is 10.1 Å². The molecule has 0 aromatic heterocycles. The molecule has 27 heavy (non-hydrogen) atoms. The summed E-state index contributed by atoms with van der Waals surface area (Å²) in [6, 6.07) is 6.47. The van der Waals surface area contributed by atoms with E-state index in [1.54, 1.807) is 0 Å². The molecule has 0 fully saturated rings. The second-order valence-electron chi connectivity index (χ2n) is 5.42. The molecule has 0 saturated carbocycles. The number of methoxy groups -OCH3 is 1. The first kappa shape index (κ1) is 18.2. The Labute approximate surface area is 152 Å². The van der Waals surface area contributed by atoms with Crippen molar-refractivity contribution < 1.29 is 33.1 Å². The lowest BCUT2D eigenvalue weighted by molar-refractivity contribution is -0.385. The minimum Gasteiger partial charge on any atom is -0.496 e. The molecule has 0 unspecified atom stereocenters. The SMILES string of the molecule is COc1ccc(F)cc1COC(=O)/C=C/c1cc2c(cc1[N+](=O)[O-])OCO2. The van der Waals surface area contributed by atoms with Gasteiger partial charge < -0.3 is 18.9 Å². The molecule has 140 valence electrons. The topological polar surface area (TPSA) is 97.1 Å². The first-order valence-electron chi connectivity index (χ1n) is 7.73. The van der Waals surface area contributed by atoms with Gasteiger partial charge in [-0.05, 0) is 30.3 Å². The number of nitro groups is 1. The summed E-state index contributed by atoms with van der Waals surface area (Å²) in [5.41, 5.74) is 0.271. The molecule has 8 nitrogen and oxygen atoms in total. The van der Waals surface area contributed by atoms with Crippen LogP contribution in [0.2, 0.25) is 0 Å². The Morgan fingerprint density at radius 1 is 1.30 bits per heavy atom. The maximum atomic E-state index is 13.3. The number of hydrogen-bond donors (Lipinski definition) is 0. The third-order valence-corrected chi connectivity index (χ3v) is 3.73. The van der Waals surface area contributed by atoms with Crippen molar-refractivity contribution in [2.75, 3.05) is 13.9 Å². The van der Waals surface area contributed by atoms with Gasteiger partial charge in [-0.2, -0.15) is 0 Å². The molecular weight excluding hydrogens is 361 g/mol. The van der Waals surface area contributed by atoms with Gasteiger partial charge >= 0.3 is 5.97 Å². The predicted molar refractivity (Wildman–Crippen MR) is 91.0 cm³/mol. The van der Waals surface area contributed by atoms with Crippen LogP contribution in [0.15, 0.2) is 36.4 Å². The maximum Gasteiger partial charge on any atom is 0.331 e. The molecule has 1 aliphatic rings. The average molecular weight is 375 g/mol. The summed E-state index contributed by atoms with van der Waals surface area (Å²) in [5, 5.41) is 11.2. The first-order valence-corrected chi connectivity index (χ1v) is 7.73. The highest BCUT2D eigenvalue weighted by Crippen LogP contribution is 2.38. The monoisotopic (exact) mass is 375 g/mol. The summed E-state index contributed by atoms with van der Waals surface area (Å²) in [6.45, 7) is -0.246. The van der Waals surface area contributed by atoms with Gasteiger partial charge in [-0.25, -0.2) is 9.18 Å². The molecule has 1 aliphatic heterocycles. The zero-order chi connectivity index (χ0) is 19.4. The molecule has 0 atom stereocenters. The second kappa shape index (κ2) is 7.73. The van der Waals surface area contributed by atoms with Crippen LogP contribution in [-0.4, -0.2) is 24.8 Å². The lowest BCUT2D eigenvalue weighted by Gasteiger charge is -2.08. The maximum absolute atomic E-state index is 13.3. The number of nitro benzene ring substituents is 1. The van der Waals surface area contributed by atoms with Gasteiger partial charge in [0.1, 0.15) is 18.2 Å². The summed E-state index contributed by atoms with van der Waals surface area (Å²) >= 11 is 0. The van der Waals surface area contributed by atoms with Crippen LogP contribution >= 0.6 is 0 Å². The van der Waals surface area contributed by atoms with Crippen molar-refractivity contribution in [2.24, 2.45) is 0 Å². The van der Waals surface area contributed by atoms with Gasteiger partial charge in [0, 0.05) is 11.6 Å². The first-order chi connectivity index (χ1) is 13.0. The number of carbonyl (C=O) groups excluding carboxylic acids is 1. The van der Waals surface area contributed by atoms with Gasteiger partial charge in [-0.1, -0.05) is 0 Å². The fourth-order valence-electron chi connectivity index (χ4n) is 2.45. The quantitative estimate of drug-likeness (QED) is 0.331. The van der Waals surface area contributed by atoms with Gasteiger partial charge in [-0.15, -0.1) is 0 Å². The van der Waals surface area contributed by atoms with Crippen molar-refractivity contribution in [1.82, 2.24) is 0 Å². The van der Waals surface area contributed by atoms with E-state index in [0.717, 1.165) is 6.08 Å². The lowest BCUT2D eigenvalue weighted by atomic mass is 10.1. The van der Waals surface area contributed by atoms with Crippen LogP contribution in [0.3, 0.4) is 0 Å². The smallest absolute Gasteiger partial charge is 0.331 e. The Morgan fingerprint density at radius 3 is 2.74 bits per heavy atom. The van der Waals surface area contributed by atoms with Crippen molar-refractivity contribution in [3.63, 3.8) is 0 Å². The minimum absolute atomic E-state index is 0.0306. The van der Waals surface area contributed by atoms with Crippen LogP contribution in [0.4, 0.5) is 10.1 Å². The molecule has 0 aliphatic carbocycles. The Kier molecular flexibility index (Phi) is 5.20. The molecule has 1 heterocycles. The number of ether oxygens (including phenoxy) is 4. The largest absolute Gasteiger partial charge is 0.496 e. The Hall–Kier alpha value is -3.62. The fourth-order valence-corrected chi connectivity index (χ4v) is 2.45. The number of fused-ring (bicyclic) bond motifs is 1. The highest BCUT2D eigenvalue weighted by atomic mass is 19.1.